The maximum Gasteiger partial charge on any atom is 0.273 e. The minimum atomic E-state index is -0.229. The molecule has 0 radical (unpaired) electrons. The van der Waals surface area contributed by atoms with Gasteiger partial charge in [0.05, 0.1) is 6.04 Å². The number of aliphatic hydroxyl groups excluding tert-OH is 1. The van der Waals surface area contributed by atoms with Crippen LogP contribution in [0.25, 0.3) is 0 Å². The van der Waals surface area contributed by atoms with Gasteiger partial charge in [-0.15, -0.1) is 0 Å². The van der Waals surface area contributed by atoms with Gasteiger partial charge in [-0.1, -0.05) is 36.6 Å². The van der Waals surface area contributed by atoms with Gasteiger partial charge in [0.2, 0.25) is 0 Å². The summed E-state index contributed by atoms with van der Waals surface area (Å²) in [6.07, 6.45) is 8.34. The largest absolute Gasteiger partial charge is 0.396 e. The number of hydrogen-bond acceptors (Lipinski definition) is 5. The van der Waals surface area contributed by atoms with Crippen molar-refractivity contribution >= 4 is 11.8 Å². The van der Waals surface area contributed by atoms with Crippen LogP contribution in [0.2, 0.25) is 0 Å². The molecule has 172 valence electrons. The van der Waals surface area contributed by atoms with Crippen molar-refractivity contribution in [3.05, 3.63) is 52.9 Å². The Labute approximate surface area is 189 Å². The average Bonchev–Trinajstić information content (AvgIpc) is 3.57. The first kappa shape index (κ1) is 22.5. The highest BCUT2D eigenvalue weighted by Gasteiger charge is 2.31. The van der Waals surface area contributed by atoms with Gasteiger partial charge in [0.1, 0.15) is 5.76 Å². The first-order chi connectivity index (χ1) is 15.6. The summed E-state index contributed by atoms with van der Waals surface area (Å²) in [5.74, 6) is 1.21. The molecular weight excluding hydrogens is 406 g/mol. The summed E-state index contributed by atoms with van der Waals surface area (Å²) in [5.41, 5.74) is 1.86. The number of nitrogens with zero attached hydrogens (tertiary/aromatic N) is 2. The van der Waals surface area contributed by atoms with Crippen LogP contribution in [0.5, 0.6) is 0 Å². The quantitative estimate of drug-likeness (QED) is 0.614. The van der Waals surface area contributed by atoms with Gasteiger partial charge in [-0.05, 0) is 55.7 Å². The van der Waals surface area contributed by atoms with Gasteiger partial charge in [-0.25, -0.2) is 0 Å². The molecule has 0 saturated heterocycles. The third-order valence-electron chi connectivity index (χ3n) is 6.64. The average molecular weight is 440 g/mol. The van der Waals surface area contributed by atoms with E-state index in [0.29, 0.717) is 36.1 Å². The number of carbonyl (C=O) groups excluding carboxylic acids is 2. The van der Waals surface area contributed by atoms with Gasteiger partial charge in [-0.3, -0.25) is 9.59 Å². The van der Waals surface area contributed by atoms with Crippen molar-refractivity contribution in [2.75, 3.05) is 20.2 Å². The predicted octanol–water partition coefficient (Wildman–Crippen LogP) is 4.06. The molecule has 32 heavy (non-hydrogen) atoms. The van der Waals surface area contributed by atoms with Crippen LogP contribution >= 0.6 is 0 Å². The van der Waals surface area contributed by atoms with E-state index in [1.54, 1.807) is 24.1 Å². The summed E-state index contributed by atoms with van der Waals surface area (Å²) in [6.45, 7) is 0.551. The number of carbonyl (C=O) groups is 2. The lowest BCUT2D eigenvalue weighted by atomic mass is 9.80. The van der Waals surface area contributed by atoms with E-state index in [2.05, 4.69) is 10.5 Å². The fraction of sp³-hybridized carbons (Fsp3) is 0.560. The molecule has 0 bridgehead atoms. The van der Waals surface area contributed by atoms with Gasteiger partial charge in [0, 0.05) is 37.7 Å². The van der Waals surface area contributed by atoms with Crippen LogP contribution in [0.4, 0.5) is 0 Å². The summed E-state index contributed by atoms with van der Waals surface area (Å²) < 4.78 is 5.37. The lowest BCUT2D eigenvalue weighted by molar-refractivity contribution is 0.0786. The van der Waals surface area contributed by atoms with Crippen LogP contribution in [-0.2, 0) is 0 Å². The molecule has 7 heteroatoms. The maximum atomic E-state index is 13.0. The lowest BCUT2D eigenvalue weighted by Gasteiger charge is -2.31. The molecule has 2 aromatic rings. The van der Waals surface area contributed by atoms with Crippen molar-refractivity contribution in [2.45, 2.75) is 63.3 Å². The summed E-state index contributed by atoms with van der Waals surface area (Å²) in [5, 5.41) is 16.3. The molecule has 1 atom stereocenters. The molecule has 2 amide bonds. The lowest BCUT2D eigenvalue weighted by Crippen LogP contribution is -2.35. The van der Waals surface area contributed by atoms with Gasteiger partial charge in [-0.2, -0.15) is 0 Å². The Morgan fingerprint density at radius 1 is 1.19 bits per heavy atom. The zero-order valence-electron chi connectivity index (χ0n) is 18.8. The summed E-state index contributed by atoms with van der Waals surface area (Å²) in [4.78, 5) is 27.5. The highest BCUT2D eigenvalue weighted by atomic mass is 16.5. The molecule has 2 aliphatic rings. The number of rotatable bonds is 9. The van der Waals surface area contributed by atoms with Gasteiger partial charge in [0.25, 0.3) is 11.8 Å². The fourth-order valence-electron chi connectivity index (χ4n) is 4.61. The molecule has 1 aromatic heterocycles. The molecule has 0 aliphatic heterocycles. The number of aliphatic hydroxyl groups is 1. The van der Waals surface area contributed by atoms with Crippen molar-refractivity contribution in [2.24, 2.45) is 5.92 Å². The highest BCUT2D eigenvalue weighted by molar-refractivity contribution is 5.94. The second-order valence-corrected chi connectivity index (χ2v) is 9.17. The molecule has 0 spiro atoms. The predicted molar refractivity (Wildman–Crippen MR) is 120 cm³/mol. The van der Waals surface area contributed by atoms with Gasteiger partial charge in [0.15, 0.2) is 5.69 Å². The second-order valence-electron chi connectivity index (χ2n) is 9.17. The van der Waals surface area contributed by atoms with Crippen LogP contribution in [0, 0.1) is 5.92 Å². The maximum absolute atomic E-state index is 13.0. The summed E-state index contributed by atoms with van der Waals surface area (Å²) >= 11 is 0. The molecule has 2 N–H and O–H groups in total. The minimum absolute atomic E-state index is 0.0535. The standard InChI is InChI=1S/C25H33N3O4/c1-28(13-6-14-29)25(31)20-10-5-9-19(15-20)23(18-7-3-2-4-8-18)26-24(30)21-16-22(32-27-21)17-11-12-17/h5,9-10,15-18,23,29H,2-4,6-8,11-14H2,1H3,(H,26,30). The number of amides is 2. The molecule has 2 aliphatic carbocycles. The number of nitrogens with one attached hydrogen (secondary N) is 1. The zero-order chi connectivity index (χ0) is 22.5. The molecule has 1 unspecified atom stereocenters. The third kappa shape index (κ3) is 5.38. The van der Waals surface area contributed by atoms with Crippen LogP contribution in [-0.4, -0.2) is 47.2 Å². The molecule has 7 nitrogen and oxygen atoms in total. The van der Waals surface area contributed by atoms with E-state index in [4.69, 9.17) is 9.63 Å². The minimum Gasteiger partial charge on any atom is -0.396 e. The zero-order valence-corrected chi connectivity index (χ0v) is 18.8. The first-order valence-corrected chi connectivity index (χ1v) is 11.8. The van der Waals surface area contributed by atoms with E-state index in [-0.39, 0.29) is 24.5 Å². The van der Waals surface area contributed by atoms with Crippen LogP contribution in [0.15, 0.2) is 34.9 Å². The van der Waals surface area contributed by atoms with Crippen molar-refractivity contribution < 1.29 is 19.2 Å². The van der Waals surface area contributed by atoms with Crippen LogP contribution in [0.3, 0.4) is 0 Å². The summed E-state index contributed by atoms with van der Waals surface area (Å²) in [7, 11) is 1.74. The molecular formula is C25H33N3O4. The molecule has 2 fully saturated rings. The number of hydrogen-bond donors (Lipinski definition) is 2. The van der Waals surface area contributed by atoms with Crippen LogP contribution < -0.4 is 5.32 Å². The number of benzene rings is 1. The Kier molecular flexibility index (Phi) is 7.25. The van der Waals surface area contributed by atoms with E-state index in [9.17, 15) is 9.59 Å². The normalized spacial score (nSPS) is 17.7. The fourth-order valence-corrected chi connectivity index (χ4v) is 4.61. The van der Waals surface area contributed by atoms with Crippen molar-refractivity contribution in [1.29, 1.82) is 0 Å². The van der Waals surface area contributed by atoms with Crippen molar-refractivity contribution in [1.82, 2.24) is 15.4 Å². The monoisotopic (exact) mass is 439 g/mol. The van der Waals surface area contributed by atoms with E-state index in [1.165, 1.54) is 6.42 Å². The molecule has 2 saturated carbocycles. The summed E-state index contributed by atoms with van der Waals surface area (Å²) in [6, 6.07) is 9.16. The van der Waals surface area contributed by atoms with Crippen molar-refractivity contribution in [3.63, 3.8) is 0 Å². The van der Waals surface area contributed by atoms with E-state index < -0.39 is 0 Å². The van der Waals surface area contributed by atoms with Crippen LogP contribution in [0.1, 0.15) is 95.5 Å². The van der Waals surface area contributed by atoms with Crippen molar-refractivity contribution in [3.8, 4) is 0 Å². The SMILES string of the molecule is CN(CCCO)C(=O)c1cccc(C(NC(=O)c2cc(C3CC3)on2)C2CCCCC2)c1. The molecule has 1 heterocycles. The van der Waals surface area contributed by atoms with Gasteiger partial charge >= 0.3 is 0 Å². The smallest absolute Gasteiger partial charge is 0.273 e. The van der Waals surface area contributed by atoms with E-state index >= 15 is 0 Å². The topological polar surface area (TPSA) is 95.7 Å². The van der Waals surface area contributed by atoms with Gasteiger partial charge < -0.3 is 19.8 Å². The molecule has 1 aromatic carbocycles. The highest BCUT2D eigenvalue weighted by Crippen LogP contribution is 2.40. The Balaban J connectivity index is 1.54. The Morgan fingerprint density at radius 2 is 1.97 bits per heavy atom. The number of aromatic nitrogens is 1. The second kappa shape index (κ2) is 10.3. The Morgan fingerprint density at radius 3 is 2.69 bits per heavy atom. The Bertz CT molecular complexity index is 931. The Hall–Kier alpha value is -2.67. The van der Waals surface area contributed by atoms with E-state index in [0.717, 1.165) is 49.8 Å². The molecule has 4 rings (SSSR count). The third-order valence-corrected chi connectivity index (χ3v) is 6.64. The first-order valence-electron chi connectivity index (χ1n) is 11.8. The van der Waals surface area contributed by atoms with E-state index in [1.807, 2.05) is 18.2 Å².